The summed E-state index contributed by atoms with van der Waals surface area (Å²) in [5, 5.41) is 4.13. The highest BCUT2D eigenvalue weighted by molar-refractivity contribution is 9.10. The lowest BCUT2D eigenvalue weighted by Crippen LogP contribution is -2.30. The second-order valence-electron chi connectivity index (χ2n) is 4.11. The Bertz CT molecular complexity index is 368. The third kappa shape index (κ3) is 3.34. The molecule has 88 valence electrons. The number of halogens is 2. The molecule has 16 heavy (non-hydrogen) atoms. The molecule has 0 radical (unpaired) electrons. The Morgan fingerprint density at radius 1 is 1.62 bits per heavy atom. The molecule has 1 fully saturated rings. The molecule has 1 aromatic rings. The van der Waals surface area contributed by atoms with Crippen LogP contribution >= 0.6 is 27.5 Å². The van der Waals surface area contributed by atoms with Crippen LogP contribution in [-0.2, 0) is 0 Å². The molecule has 3 nitrogen and oxygen atoms in total. The molecule has 1 heterocycles. The maximum absolute atomic E-state index is 5.85. The standard InChI is InChI=1S/C11H15BrClN3/c1-16(5-4-14-9-2-3-9)11-10(12)6-8(13)7-15-11/h6-7,9,14H,2-5H2,1H3. The first-order valence-corrected chi connectivity index (χ1v) is 6.59. The molecule has 0 aromatic carbocycles. The lowest BCUT2D eigenvalue weighted by molar-refractivity contribution is 0.672. The van der Waals surface area contributed by atoms with E-state index in [1.54, 1.807) is 6.20 Å². The van der Waals surface area contributed by atoms with Crippen LogP contribution in [0.2, 0.25) is 5.02 Å². The highest BCUT2D eigenvalue weighted by Crippen LogP contribution is 2.25. The van der Waals surface area contributed by atoms with E-state index < -0.39 is 0 Å². The monoisotopic (exact) mass is 303 g/mol. The summed E-state index contributed by atoms with van der Waals surface area (Å²) in [6.45, 7) is 1.95. The zero-order chi connectivity index (χ0) is 11.5. The Kier molecular flexibility index (Phi) is 4.05. The maximum atomic E-state index is 5.85. The summed E-state index contributed by atoms with van der Waals surface area (Å²) in [7, 11) is 2.04. The SMILES string of the molecule is CN(CCNC1CC1)c1ncc(Cl)cc1Br. The van der Waals surface area contributed by atoms with Gasteiger partial charge in [-0.2, -0.15) is 0 Å². The first-order valence-electron chi connectivity index (χ1n) is 5.42. The van der Waals surface area contributed by atoms with Gasteiger partial charge in [-0.15, -0.1) is 0 Å². The Morgan fingerprint density at radius 3 is 3.00 bits per heavy atom. The van der Waals surface area contributed by atoms with Crippen LogP contribution in [0.1, 0.15) is 12.8 Å². The molecule has 1 saturated carbocycles. The quantitative estimate of drug-likeness (QED) is 0.906. The van der Waals surface area contributed by atoms with E-state index in [1.807, 2.05) is 13.1 Å². The number of rotatable bonds is 5. The zero-order valence-electron chi connectivity index (χ0n) is 9.21. The molecule has 0 spiro atoms. The van der Waals surface area contributed by atoms with Crippen LogP contribution < -0.4 is 10.2 Å². The summed E-state index contributed by atoms with van der Waals surface area (Å²) < 4.78 is 0.939. The van der Waals surface area contributed by atoms with Gasteiger partial charge in [0.05, 0.1) is 9.50 Å². The Morgan fingerprint density at radius 2 is 2.38 bits per heavy atom. The minimum atomic E-state index is 0.653. The smallest absolute Gasteiger partial charge is 0.142 e. The van der Waals surface area contributed by atoms with Crippen molar-refractivity contribution in [2.45, 2.75) is 18.9 Å². The fourth-order valence-corrected chi connectivity index (χ4v) is 2.46. The fraction of sp³-hybridized carbons (Fsp3) is 0.545. The molecule has 1 aromatic heterocycles. The van der Waals surface area contributed by atoms with E-state index in [0.29, 0.717) is 5.02 Å². The van der Waals surface area contributed by atoms with Gasteiger partial charge in [0.1, 0.15) is 5.82 Å². The van der Waals surface area contributed by atoms with Crippen molar-refractivity contribution in [3.05, 3.63) is 21.8 Å². The van der Waals surface area contributed by atoms with E-state index in [-0.39, 0.29) is 0 Å². The van der Waals surface area contributed by atoms with Crippen LogP contribution in [0.3, 0.4) is 0 Å². The van der Waals surface area contributed by atoms with Crippen molar-refractivity contribution >= 4 is 33.3 Å². The van der Waals surface area contributed by atoms with Crippen LogP contribution in [-0.4, -0.2) is 31.2 Å². The van der Waals surface area contributed by atoms with Crippen molar-refractivity contribution in [3.8, 4) is 0 Å². The molecular weight excluding hydrogens is 289 g/mol. The summed E-state index contributed by atoms with van der Waals surface area (Å²) in [6, 6.07) is 2.63. The van der Waals surface area contributed by atoms with Gasteiger partial charge in [0.15, 0.2) is 0 Å². The molecule has 1 N–H and O–H groups in total. The third-order valence-electron chi connectivity index (χ3n) is 2.61. The first-order chi connectivity index (χ1) is 7.66. The van der Waals surface area contributed by atoms with Gasteiger partial charge >= 0.3 is 0 Å². The predicted molar refractivity (Wildman–Crippen MR) is 71.2 cm³/mol. The zero-order valence-corrected chi connectivity index (χ0v) is 11.6. The molecule has 5 heteroatoms. The largest absolute Gasteiger partial charge is 0.357 e. The van der Waals surface area contributed by atoms with E-state index in [1.165, 1.54) is 12.8 Å². The van der Waals surface area contributed by atoms with Gasteiger partial charge in [-0.3, -0.25) is 0 Å². The van der Waals surface area contributed by atoms with Gasteiger partial charge in [-0.05, 0) is 34.8 Å². The van der Waals surface area contributed by atoms with Crippen LogP contribution in [0.25, 0.3) is 0 Å². The molecule has 0 amide bonds. The molecular formula is C11H15BrClN3. The Labute approximate surface area is 109 Å². The summed E-state index contributed by atoms with van der Waals surface area (Å²) in [5.41, 5.74) is 0. The molecule has 0 unspecified atom stereocenters. The van der Waals surface area contributed by atoms with Gasteiger partial charge in [0.2, 0.25) is 0 Å². The summed E-state index contributed by atoms with van der Waals surface area (Å²) in [6.07, 6.45) is 4.33. The Balaban J connectivity index is 1.88. The third-order valence-corrected chi connectivity index (χ3v) is 3.40. The minimum absolute atomic E-state index is 0.653. The predicted octanol–water partition coefficient (Wildman–Crippen LogP) is 2.69. The number of hydrogen-bond donors (Lipinski definition) is 1. The summed E-state index contributed by atoms with van der Waals surface area (Å²) >= 11 is 9.32. The fourth-order valence-electron chi connectivity index (χ4n) is 1.52. The number of hydrogen-bond acceptors (Lipinski definition) is 3. The second kappa shape index (κ2) is 5.34. The van der Waals surface area contributed by atoms with E-state index in [4.69, 9.17) is 11.6 Å². The second-order valence-corrected chi connectivity index (χ2v) is 5.40. The highest BCUT2D eigenvalue weighted by Gasteiger charge is 2.20. The first kappa shape index (κ1) is 12.1. The average Bonchev–Trinajstić information content (AvgIpc) is 3.01. The lowest BCUT2D eigenvalue weighted by atomic mass is 10.4. The van der Waals surface area contributed by atoms with Gasteiger partial charge in [-0.25, -0.2) is 4.98 Å². The Hall–Kier alpha value is -0.320. The highest BCUT2D eigenvalue weighted by atomic mass is 79.9. The number of nitrogens with one attached hydrogen (secondary N) is 1. The van der Waals surface area contributed by atoms with Gasteiger partial charge in [-0.1, -0.05) is 11.6 Å². The number of aromatic nitrogens is 1. The summed E-state index contributed by atoms with van der Waals surface area (Å²) in [5.74, 6) is 0.932. The lowest BCUT2D eigenvalue weighted by Gasteiger charge is -2.19. The molecule has 0 bridgehead atoms. The van der Waals surface area contributed by atoms with Gasteiger partial charge < -0.3 is 10.2 Å². The van der Waals surface area contributed by atoms with Gasteiger partial charge in [0.25, 0.3) is 0 Å². The van der Waals surface area contributed by atoms with E-state index in [2.05, 4.69) is 31.1 Å². The molecule has 1 aliphatic carbocycles. The van der Waals surface area contributed by atoms with Crippen molar-refractivity contribution < 1.29 is 0 Å². The minimum Gasteiger partial charge on any atom is -0.357 e. The normalized spacial score (nSPS) is 15.2. The van der Waals surface area contributed by atoms with E-state index >= 15 is 0 Å². The topological polar surface area (TPSA) is 28.2 Å². The molecule has 0 saturated heterocycles. The van der Waals surface area contributed by atoms with Crippen LogP contribution in [0.15, 0.2) is 16.7 Å². The van der Waals surface area contributed by atoms with Crippen LogP contribution in [0.4, 0.5) is 5.82 Å². The van der Waals surface area contributed by atoms with Crippen molar-refractivity contribution in [3.63, 3.8) is 0 Å². The van der Waals surface area contributed by atoms with Gasteiger partial charge in [0, 0.05) is 32.4 Å². The van der Waals surface area contributed by atoms with Crippen molar-refractivity contribution in [2.75, 3.05) is 25.0 Å². The van der Waals surface area contributed by atoms with Crippen LogP contribution in [0.5, 0.6) is 0 Å². The summed E-state index contributed by atoms with van der Waals surface area (Å²) in [4.78, 5) is 6.43. The van der Waals surface area contributed by atoms with E-state index in [9.17, 15) is 0 Å². The molecule has 1 aliphatic rings. The maximum Gasteiger partial charge on any atom is 0.142 e. The molecule has 2 rings (SSSR count). The molecule has 0 atom stereocenters. The van der Waals surface area contributed by atoms with Crippen molar-refractivity contribution in [1.29, 1.82) is 0 Å². The van der Waals surface area contributed by atoms with Crippen LogP contribution in [0, 0.1) is 0 Å². The average molecular weight is 305 g/mol. The molecule has 0 aliphatic heterocycles. The van der Waals surface area contributed by atoms with Crippen molar-refractivity contribution in [1.82, 2.24) is 10.3 Å². The van der Waals surface area contributed by atoms with E-state index in [0.717, 1.165) is 29.4 Å². The number of likely N-dealkylation sites (N-methyl/N-ethyl adjacent to an activating group) is 1. The number of anilines is 1. The van der Waals surface area contributed by atoms with Crippen molar-refractivity contribution in [2.24, 2.45) is 0 Å². The number of pyridine rings is 1. The number of nitrogens with zero attached hydrogens (tertiary/aromatic N) is 2.